The molecule has 3 rings (SSSR count). The minimum Gasteiger partial charge on any atom is -0.428 e. The number of urea groups is 1. The highest BCUT2D eigenvalue weighted by atomic mass is 16.7. The van der Waals surface area contributed by atoms with Crippen molar-refractivity contribution in [2.45, 2.75) is 66.8 Å². The smallest absolute Gasteiger partial charge is 0.340 e. The van der Waals surface area contributed by atoms with Crippen LogP contribution < -0.4 is 21.3 Å². The molecular formula is C36H48N4O5. The standard InChI is InChI=1S/C36H48N4O5/c1-7-28(19-34(41)44-23-45-35(42)29-12-10-27(20-37)11-13-29)30-14-17-33(40(21-24(2)3)22-25(4)5)32(18-30)39-36(43)38-31-15-8-26(6)9-16-31/h8-18,24-25,28H,7,19-23,37H2,1-6H3,(H2,38,39,43)/t28-/m0/s1. The van der Waals surface area contributed by atoms with Crippen LogP contribution in [0.5, 0.6) is 0 Å². The SMILES string of the molecule is CC[C@@H](CC(=O)OCOC(=O)c1ccc(CN)cc1)c1ccc(N(CC(C)C)CC(C)C)c(NC(=O)Nc2ccc(C)cc2)c1. The maximum atomic E-state index is 13.2. The number of nitrogens with two attached hydrogens (primary N) is 1. The number of hydrogen-bond acceptors (Lipinski definition) is 7. The topological polar surface area (TPSA) is 123 Å². The summed E-state index contributed by atoms with van der Waals surface area (Å²) < 4.78 is 10.4. The van der Waals surface area contributed by atoms with Crippen molar-refractivity contribution in [2.24, 2.45) is 17.6 Å². The van der Waals surface area contributed by atoms with E-state index in [9.17, 15) is 14.4 Å². The van der Waals surface area contributed by atoms with E-state index in [1.807, 2.05) is 56.3 Å². The Morgan fingerprint density at radius 2 is 1.49 bits per heavy atom. The lowest BCUT2D eigenvalue weighted by molar-refractivity contribution is -0.152. The van der Waals surface area contributed by atoms with Crippen LogP contribution in [-0.2, 0) is 20.8 Å². The quantitative estimate of drug-likeness (QED) is 0.120. The number of amides is 2. The summed E-state index contributed by atoms with van der Waals surface area (Å²) in [5, 5.41) is 5.99. The second-order valence-corrected chi connectivity index (χ2v) is 12.2. The molecule has 9 heteroatoms. The normalized spacial score (nSPS) is 11.7. The van der Waals surface area contributed by atoms with Gasteiger partial charge in [-0.15, -0.1) is 0 Å². The van der Waals surface area contributed by atoms with Crippen molar-refractivity contribution in [1.82, 2.24) is 0 Å². The Hall–Kier alpha value is -4.37. The predicted octanol–water partition coefficient (Wildman–Crippen LogP) is 7.46. The molecule has 3 aromatic carbocycles. The van der Waals surface area contributed by atoms with Gasteiger partial charge in [0.1, 0.15) is 0 Å². The molecule has 242 valence electrons. The van der Waals surface area contributed by atoms with E-state index >= 15 is 0 Å². The average molecular weight is 617 g/mol. The summed E-state index contributed by atoms with van der Waals surface area (Å²) in [5.41, 5.74) is 11.1. The van der Waals surface area contributed by atoms with Gasteiger partial charge < -0.3 is 30.7 Å². The lowest BCUT2D eigenvalue weighted by Crippen LogP contribution is -2.32. The van der Waals surface area contributed by atoms with Crippen molar-refractivity contribution in [3.8, 4) is 0 Å². The highest BCUT2D eigenvalue weighted by Crippen LogP contribution is 2.34. The van der Waals surface area contributed by atoms with E-state index < -0.39 is 18.7 Å². The van der Waals surface area contributed by atoms with Crippen LogP contribution in [-0.4, -0.2) is 37.9 Å². The van der Waals surface area contributed by atoms with Gasteiger partial charge in [-0.05, 0) is 78.6 Å². The number of carbonyl (C=O) groups excluding carboxylic acids is 3. The predicted molar refractivity (Wildman–Crippen MR) is 181 cm³/mol. The van der Waals surface area contributed by atoms with Gasteiger partial charge in [0.05, 0.1) is 23.4 Å². The summed E-state index contributed by atoms with van der Waals surface area (Å²) in [5.74, 6) is -0.410. The number of rotatable bonds is 15. The molecule has 0 bridgehead atoms. The Labute approximate surface area is 267 Å². The van der Waals surface area contributed by atoms with Gasteiger partial charge in [0.15, 0.2) is 0 Å². The molecule has 1 atom stereocenters. The lowest BCUT2D eigenvalue weighted by atomic mass is 9.92. The van der Waals surface area contributed by atoms with Crippen molar-refractivity contribution >= 4 is 35.0 Å². The summed E-state index contributed by atoms with van der Waals surface area (Å²) in [7, 11) is 0. The van der Waals surface area contributed by atoms with Crippen molar-refractivity contribution in [1.29, 1.82) is 0 Å². The Bertz CT molecular complexity index is 1390. The second kappa shape index (κ2) is 17.2. The van der Waals surface area contributed by atoms with Crippen molar-refractivity contribution < 1.29 is 23.9 Å². The number of carbonyl (C=O) groups is 3. The molecule has 0 saturated heterocycles. The molecule has 0 aliphatic carbocycles. The van der Waals surface area contributed by atoms with E-state index in [1.54, 1.807) is 24.3 Å². The maximum Gasteiger partial charge on any atom is 0.340 e. The fraction of sp³-hybridized carbons (Fsp3) is 0.417. The molecule has 0 spiro atoms. The molecule has 0 aliphatic heterocycles. The van der Waals surface area contributed by atoms with Gasteiger partial charge in [-0.2, -0.15) is 0 Å². The zero-order valence-corrected chi connectivity index (χ0v) is 27.4. The molecule has 0 heterocycles. The Morgan fingerprint density at radius 1 is 0.844 bits per heavy atom. The highest BCUT2D eigenvalue weighted by Gasteiger charge is 2.21. The number of anilines is 3. The van der Waals surface area contributed by atoms with Gasteiger partial charge in [-0.3, -0.25) is 4.79 Å². The van der Waals surface area contributed by atoms with Gasteiger partial charge in [0.2, 0.25) is 6.79 Å². The molecule has 0 fully saturated rings. The van der Waals surface area contributed by atoms with Crippen molar-refractivity contribution in [2.75, 3.05) is 35.4 Å². The zero-order chi connectivity index (χ0) is 32.9. The first kappa shape index (κ1) is 35.1. The average Bonchev–Trinajstić information content (AvgIpc) is 3.00. The van der Waals surface area contributed by atoms with Crippen LogP contribution in [0.25, 0.3) is 0 Å². The summed E-state index contributed by atoms with van der Waals surface area (Å²) in [6.07, 6.45) is 0.758. The molecule has 2 amide bonds. The van der Waals surface area contributed by atoms with E-state index in [4.69, 9.17) is 15.2 Å². The third kappa shape index (κ3) is 11.2. The number of hydrogen-bond donors (Lipinski definition) is 3. The zero-order valence-electron chi connectivity index (χ0n) is 27.4. The van der Waals surface area contributed by atoms with Crippen LogP contribution in [0, 0.1) is 18.8 Å². The third-order valence-corrected chi connectivity index (χ3v) is 7.30. The van der Waals surface area contributed by atoms with E-state index in [-0.39, 0.29) is 18.4 Å². The lowest BCUT2D eigenvalue weighted by Gasteiger charge is -2.31. The number of benzene rings is 3. The molecule has 45 heavy (non-hydrogen) atoms. The van der Waals surface area contributed by atoms with Crippen LogP contribution in [0.3, 0.4) is 0 Å². The van der Waals surface area contributed by atoms with E-state index in [0.29, 0.717) is 41.7 Å². The summed E-state index contributed by atoms with van der Waals surface area (Å²) in [4.78, 5) is 40.6. The van der Waals surface area contributed by atoms with Crippen molar-refractivity contribution in [3.05, 3.63) is 89.0 Å². The largest absolute Gasteiger partial charge is 0.428 e. The number of ether oxygens (including phenoxy) is 2. The van der Waals surface area contributed by atoms with Crippen molar-refractivity contribution in [3.63, 3.8) is 0 Å². The van der Waals surface area contributed by atoms with E-state index in [0.717, 1.165) is 35.5 Å². The van der Waals surface area contributed by atoms with E-state index in [1.165, 1.54) is 0 Å². The minimum atomic E-state index is -0.582. The van der Waals surface area contributed by atoms with Crippen LogP contribution in [0.2, 0.25) is 0 Å². The maximum absolute atomic E-state index is 13.2. The molecule has 0 unspecified atom stereocenters. The molecule has 0 radical (unpaired) electrons. The van der Waals surface area contributed by atoms with Gasteiger partial charge in [0, 0.05) is 25.3 Å². The second-order valence-electron chi connectivity index (χ2n) is 12.2. The first-order valence-corrected chi connectivity index (χ1v) is 15.6. The van der Waals surface area contributed by atoms with Gasteiger partial charge in [0.25, 0.3) is 0 Å². The Balaban J connectivity index is 1.75. The number of nitrogens with zero attached hydrogens (tertiary/aromatic N) is 1. The fourth-order valence-electron chi connectivity index (χ4n) is 5.02. The molecule has 9 nitrogen and oxygen atoms in total. The highest BCUT2D eigenvalue weighted by molar-refractivity contribution is 6.02. The molecular weight excluding hydrogens is 568 g/mol. The summed E-state index contributed by atoms with van der Waals surface area (Å²) in [6, 6.07) is 20.0. The van der Waals surface area contributed by atoms with E-state index in [2.05, 4.69) is 43.2 Å². The van der Waals surface area contributed by atoms with Crippen LogP contribution in [0.4, 0.5) is 21.9 Å². The number of aryl methyl sites for hydroxylation is 1. The van der Waals surface area contributed by atoms with Gasteiger partial charge in [-0.1, -0.05) is 70.5 Å². The molecule has 4 N–H and O–H groups in total. The number of nitrogens with one attached hydrogen (secondary N) is 2. The number of esters is 2. The molecule has 3 aromatic rings. The van der Waals surface area contributed by atoms with Crippen LogP contribution in [0.1, 0.15) is 80.4 Å². The van der Waals surface area contributed by atoms with Gasteiger partial charge in [-0.25, -0.2) is 9.59 Å². The first-order valence-electron chi connectivity index (χ1n) is 15.6. The fourth-order valence-corrected chi connectivity index (χ4v) is 5.02. The third-order valence-electron chi connectivity index (χ3n) is 7.30. The summed E-state index contributed by atoms with van der Waals surface area (Å²) in [6.45, 7) is 14.2. The van der Waals surface area contributed by atoms with Crippen LogP contribution in [0.15, 0.2) is 66.7 Å². The minimum absolute atomic E-state index is 0.0926. The monoisotopic (exact) mass is 616 g/mol. The molecule has 0 aliphatic rings. The summed E-state index contributed by atoms with van der Waals surface area (Å²) >= 11 is 0. The molecule has 0 aromatic heterocycles. The first-order chi connectivity index (χ1) is 21.5. The van der Waals surface area contributed by atoms with Gasteiger partial charge >= 0.3 is 18.0 Å². The van der Waals surface area contributed by atoms with Crippen LogP contribution >= 0.6 is 0 Å². The Morgan fingerprint density at radius 3 is 2.07 bits per heavy atom. The Kier molecular flexibility index (Phi) is 13.4. The molecule has 0 saturated carbocycles.